The lowest BCUT2D eigenvalue weighted by molar-refractivity contribution is 0.414. The maximum atomic E-state index is 13.1. The molecule has 0 bridgehead atoms. The van der Waals surface area contributed by atoms with Crippen LogP contribution in [0, 0.1) is 5.92 Å². The van der Waals surface area contributed by atoms with E-state index in [9.17, 15) is 4.79 Å². The Morgan fingerprint density at radius 1 is 0.966 bits per heavy atom. The van der Waals surface area contributed by atoms with Crippen molar-refractivity contribution in [3.8, 4) is 33.9 Å². The van der Waals surface area contributed by atoms with Gasteiger partial charge in [0.15, 0.2) is 0 Å². The van der Waals surface area contributed by atoms with Crippen LogP contribution >= 0.6 is 11.6 Å². The van der Waals surface area contributed by atoms with Gasteiger partial charge in [0, 0.05) is 23.2 Å². The molecule has 2 aromatic carbocycles. The van der Waals surface area contributed by atoms with Crippen molar-refractivity contribution >= 4 is 11.6 Å². The van der Waals surface area contributed by atoms with E-state index in [4.69, 9.17) is 26.2 Å². The highest BCUT2D eigenvalue weighted by atomic mass is 35.5. The van der Waals surface area contributed by atoms with E-state index in [2.05, 4.69) is 0 Å². The Morgan fingerprint density at radius 3 is 2.00 bits per heavy atom. The lowest BCUT2D eigenvalue weighted by Gasteiger charge is -2.17. The molecule has 1 aliphatic rings. The molecule has 29 heavy (non-hydrogen) atoms. The van der Waals surface area contributed by atoms with Crippen molar-refractivity contribution in [2.45, 2.75) is 25.3 Å². The molecule has 0 atom stereocenters. The van der Waals surface area contributed by atoms with E-state index in [0.29, 0.717) is 18.0 Å². The van der Waals surface area contributed by atoms with E-state index in [1.807, 2.05) is 48.5 Å². The molecule has 1 aliphatic carbocycles. The minimum absolute atomic E-state index is 0.116. The largest absolute Gasteiger partial charge is 0.497 e. The average molecular weight is 411 g/mol. The Hall–Kier alpha value is -2.79. The number of hydrogen-bond donors (Lipinski definition) is 0. The van der Waals surface area contributed by atoms with Gasteiger partial charge in [-0.2, -0.15) is 5.10 Å². The van der Waals surface area contributed by atoms with Crippen LogP contribution in [0.1, 0.15) is 18.4 Å². The first-order chi connectivity index (χ1) is 14.1. The molecule has 6 heteroatoms. The predicted octanol–water partition coefficient (Wildman–Crippen LogP) is 4.74. The molecule has 0 radical (unpaired) electrons. The second-order valence-corrected chi connectivity index (χ2v) is 7.49. The summed E-state index contributed by atoms with van der Waals surface area (Å²) in [5, 5.41) is 4.78. The standard InChI is InChI=1S/C23H23ClN2O3/c1-28-18-9-5-16(6-10-18)21-20(13-24)23(27)26(14-15-3-4-15)25-22(21)17-7-11-19(29-2)12-8-17/h5-12,15H,3-4,13-14H2,1-2H3. The van der Waals surface area contributed by atoms with Crippen molar-refractivity contribution in [2.24, 2.45) is 5.92 Å². The molecule has 1 fully saturated rings. The van der Waals surface area contributed by atoms with Crippen molar-refractivity contribution in [3.05, 3.63) is 64.4 Å². The van der Waals surface area contributed by atoms with Crippen LogP contribution in [0.4, 0.5) is 0 Å². The molecular weight excluding hydrogens is 388 g/mol. The number of rotatable bonds is 7. The normalized spacial score (nSPS) is 13.3. The lowest BCUT2D eigenvalue weighted by atomic mass is 9.96. The zero-order valence-electron chi connectivity index (χ0n) is 16.5. The van der Waals surface area contributed by atoms with Crippen molar-refractivity contribution in [2.75, 3.05) is 14.2 Å². The number of alkyl halides is 1. The lowest BCUT2D eigenvalue weighted by Crippen LogP contribution is -2.28. The summed E-state index contributed by atoms with van der Waals surface area (Å²) >= 11 is 6.29. The van der Waals surface area contributed by atoms with Crippen LogP contribution in [0.5, 0.6) is 11.5 Å². The molecule has 5 nitrogen and oxygen atoms in total. The van der Waals surface area contributed by atoms with E-state index in [1.165, 1.54) is 0 Å². The minimum atomic E-state index is -0.116. The van der Waals surface area contributed by atoms with Gasteiger partial charge in [0.1, 0.15) is 11.5 Å². The highest BCUT2D eigenvalue weighted by Gasteiger charge is 2.26. The predicted molar refractivity (Wildman–Crippen MR) is 115 cm³/mol. The topological polar surface area (TPSA) is 53.4 Å². The first kappa shape index (κ1) is 19.5. The summed E-state index contributed by atoms with van der Waals surface area (Å²) in [6, 6.07) is 15.3. The summed E-state index contributed by atoms with van der Waals surface area (Å²) in [5.41, 5.74) is 3.76. The van der Waals surface area contributed by atoms with Gasteiger partial charge in [0.2, 0.25) is 0 Å². The van der Waals surface area contributed by atoms with Crippen molar-refractivity contribution in [1.82, 2.24) is 9.78 Å². The third-order valence-electron chi connectivity index (χ3n) is 5.26. The Bertz CT molecular complexity index is 1060. The van der Waals surface area contributed by atoms with Gasteiger partial charge >= 0.3 is 0 Å². The van der Waals surface area contributed by atoms with Gasteiger partial charge in [-0.05, 0) is 60.7 Å². The second kappa shape index (κ2) is 8.29. The summed E-state index contributed by atoms with van der Waals surface area (Å²) in [6.07, 6.45) is 2.28. The number of aromatic nitrogens is 2. The monoisotopic (exact) mass is 410 g/mol. The number of hydrogen-bond acceptors (Lipinski definition) is 4. The number of halogens is 1. The maximum Gasteiger partial charge on any atom is 0.271 e. The van der Waals surface area contributed by atoms with Gasteiger partial charge in [-0.3, -0.25) is 4.79 Å². The number of benzene rings is 2. The molecular formula is C23H23ClN2O3. The Morgan fingerprint density at radius 2 is 1.52 bits per heavy atom. The van der Waals surface area contributed by atoms with Crippen LogP contribution in [0.3, 0.4) is 0 Å². The average Bonchev–Trinajstić information content (AvgIpc) is 3.59. The van der Waals surface area contributed by atoms with E-state index in [1.54, 1.807) is 18.9 Å². The van der Waals surface area contributed by atoms with Gasteiger partial charge in [0.05, 0.1) is 25.8 Å². The van der Waals surface area contributed by atoms with Crippen LogP contribution in [-0.2, 0) is 12.4 Å². The minimum Gasteiger partial charge on any atom is -0.497 e. The zero-order valence-corrected chi connectivity index (χ0v) is 17.3. The molecule has 3 aromatic rings. The Balaban J connectivity index is 1.93. The van der Waals surface area contributed by atoms with Crippen LogP contribution in [0.25, 0.3) is 22.4 Å². The summed E-state index contributed by atoms with van der Waals surface area (Å²) < 4.78 is 12.1. The van der Waals surface area contributed by atoms with Crippen molar-refractivity contribution in [1.29, 1.82) is 0 Å². The fraction of sp³-hybridized carbons (Fsp3) is 0.304. The first-order valence-corrected chi connectivity index (χ1v) is 10.2. The summed E-state index contributed by atoms with van der Waals surface area (Å²) in [7, 11) is 3.26. The summed E-state index contributed by atoms with van der Waals surface area (Å²) in [6.45, 7) is 0.634. The molecule has 0 N–H and O–H groups in total. The van der Waals surface area contributed by atoms with Gasteiger partial charge in [-0.25, -0.2) is 4.68 Å². The fourth-order valence-electron chi connectivity index (χ4n) is 3.43. The molecule has 1 saturated carbocycles. The SMILES string of the molecule is COc1ccc(-c2nn(CC3CC3)c(=O)c(CCl)c2-c2ccc(OC)cc2)cc1. The maximum absolute atomic E-state index is 13.1. The number of nitrogens with zero attached hydrogens (tertiary/aromatic N) is 2. The quantitative estimate of drug-likeness (QED) is 0.528. The summed E-state index contributed by atoms with van der Waals surface area (Å²) in [5.74, 6) is 2.17. The Labute approximate surface area is 174 Å². The molecule has 4 rings (SSSR count). The molecule has 0 saturated heterocycles. The van der Waals surface area contributed by atoms with Gasteiger partial charge in [-0.15, -0.1) is 11.6 Å². The van der Waals surface area contributed by atoms with Crippen molar-refractivity contribution in [3.63, 3.8) is 0 Å². The first-order valence-electron chi connectivity index (χ1n) is 9.63. The van der Waals surface area contributed by atoms with E-state index in [0.717, 1.165) is 46.7 Å². The van der Waals surface area contributed by atoms with Gasteiger partial charge in [-0.1, -0.05) is 12.1 Å². The number of methoxy groups -OCH3 is 2. The molecule has 0 aliphatic heterocycles. The van der Waals surface area contributed by atoms with E-state index in [-0.39, 0.29) is 11.4 Å². The smallest absolute Gasteiger partial charge is 0.271 e. The van der Waals surface area contributed by atoms with E-state index >= 15 is 0 Å². The van der Waals surface area contributed by atoms with Gasteiger partial charge < -0.3 is 9.47 Å². The third-order valence-corrected chi connectivity index (χ3v) is 5.52. The second-order valence-electron chi connectivity index (χ2n) is 7.22. The third kappa shape index (κ3) is 4.01. The molecule has 0 spiro atoms. The molecule has 0 unspecified atom stereocenters. The molecule has 150 valence electrons. The van der Waals surface area contributed by atoms with Crippen LogP contribution in [0.2, 0.25) is 0 Å². The van der Waals surface area contributed by atoms with Crippen LogP contribution < -0.4 is 15.0 Å². The molecule has 0 amide bonds. The van der Waals surface area contributed by atoms with Crippen molar-refractivity contribution < 1.29 is 9.47 Å². The summed E-state index contributed by atoms with van der Waals surface area (Å²) in [4.78, 5) is 13.1. The highest BCUT2D eigenvalue weighted by molar-refractivity contribution is 6.17. The molecule has 1 aromatic heterocycles. The van der Waals surface area contributed by atoms with E-state index < -0.39 is 0 Å². The zero-order chi connectivity index (χ0) is 20.4. The van der Waals surface area contributed by atoms with Gasteiger partial charge in [0.25, 0.3) is 5.56 Å². The fourth-order valence-corrected chi connectivity index (χ4v) is 3.68. The Kier molecular flexibility index (Phi) is 5.58. The highest BCUT2D eigenvalue weighted by Crippen LogP contribution is 2.35. The van der Waals surface area contributed by atoms with Crippen LogP contribution in [-0.4, -0.2) is 24.0 Å². The van der Waals surface area contributed by atoms with Crippen LogP contribution in [0.15, 0.2) is 53.3 Å². The number of ether oxygens (including phenoxy) is 2. The molecule has 1 heterocycles.